The maximum Gasteiger partial charge on any atom is 0.239 e. The van der Waals surface area contributed by atoms with Crippen LogP contribution in [0.1, 0.15) is 19.5 Å². The average molecular weight is 309 g/mol. The number of hydrogen-bond donors (Lipinski definition) is 2. The molecule has 0 fully saturated rings. The van der Waals surface area contributed by atoms with Crippen LogP contribution >= 0.6 is 11.3 Å². The zero-order chi connectivity index (χ0) is 15.4. The second-order valence-electron chi connectivity index (χ2n) is 5.49. The van der Waals surface area contributed by atoms with Gasteiger partial charge in [-0.25, -0.2) is 4.98 Å². The summed E-state index contributed by atoms with van der Waals surface area (Å²) in [5.41, 5.74) is 1.10. The number of carbonyl (C=O) groups excluding carboxylic acids is 1. The summed E-state index contributed by atoms with van der Waals surface area (Å²) in [6, 6.07) is 0. The molecule has 0 saturated heterocycles. The first-order valence-corrected chi connectivity index (χ1v) is 7.97. The number of rotatable bonds is 7. The Labute approximate surface area is 129 Å². The summed E-state index contributed by atoms with van der Waals surface area (Å²) >= 11 is 1.60. The second kappa shape index (κ2) is 6.91. The monoisotopic (exact) mass is 309 g/mol. The largest absolute Gasteiger partial charge is 0.358 e. The van der Waals surface area contributed by atoms with Crippen LogP contribution < -0.4 is 15.5 Å². The van der Waals surface area contributed by atoms with Crippen molar-refractivity contribution in [3.05, 3.63) is 17.3 Å². The molecule has 0 spiro atoms. The van der Waals surface area contributed by atoms with Crippen LogP contribution in [-0.2, 0) is 11.3 Å². The Balaban J connectivity index is 2.20. The van der Waals surface area contributed by atoms with E-state index in [0.717, 1.165) is 29.6 Å². The molecule has 0 atom stereocenters. The molecule has 0 radical (unpaired) electrons. The topological polar surface area (TPSA) is 61.7 Å². The predicted octanol–water partition coefficient (Wildman–Crippen LogP) is 1.32. The number of imidazole rings is 1. The summed E-state index contributed by atoms with van der Waals surface area (Å²) in [4.78, 5) is 19.1. The fourth-order valence-corrected chi connectivity index (χ4v) is 2.87. The summed E-state index contributed by atoms with van der Waals surface area (Å²) in [7, 11) is 3.54. The molecule has 0 saturated carbocycles. The van der Waals surface area contributed by atoms with Gasteiger partial charge in [-0.05, 0) is 12.5 Å². The van der Waals surface area contributed by atoms with Crippen LogP contribution in [0.2, 0.25) is 0 Å². The summed E-state index contributed by atoms with van der Waals surface area (Å²) < 4.78 is 2.09. The van der Waals surface area contributed by atoms with Crippen molar-refractivity contribution < 1.29 is 4.79 Å². The molecule has 0 bridgehead atoms. The van der Waals surface area contributed by atoms with Gasteiger partial charge in [0.1, 0.15) is 0 Å². The zero-order valence-corrected chi connectivity index (χ0v) is 13.8. The minimum absolute atomic E-state index is 0.0186. The third-order valence-electron chi connectivity index (χ3n) is 3.21. The number of nitrogens with one attached hydrogen (secondary N) is 2. The molecule has 2 aromatic rings. The van der Waals surface area contributed by atoms with E-state index in [-0.39, 0.29) is 5.91 Å². The van der Waals surface area contributed by atoms with E-state index in [1.165, 1.54) is 0 Å². The summed E-state index contributed by atoms with van der Waals surface area (Å²) in [5, 5.41) is 8.12. The normalized spacial score (nSPS) is 11.3. The van der Waals surface area contributed by atoms with E-state index in [4.69, 9.17) is 0 Å². The van der Waals surface area contributed by atoms with E-state index in [2.05, 4.69) is 33.9 Å². The van der Waals surface area contributed by atoms with Crippen molar-refractivity contribution in [2.24, 2.45) is 5.92 Å². The molecule has 0 unspecified atom stereocenters. The fraction of sp³-hybridized carbons (Fsp3) is 0.571. The number of hydrogen-bond acceptors (Lipinski definition) is 5. The number of likely N-dealkylation sites (N-methyl/N-ethyl adjacent to an activating group) is 2. The molecule has 2 rings (SSSR count). The lowest BCUT2D eigenvalue weighted by atomic mass is 10.2. The predicted molar refractivity (Wildman–Crippen MR) is 87.0 cm³/mol. The summed E-state index contributed by atoms with van der Waals surface area (Å²) in [6.45, 7) is 6.36. The van der Waals surface area contributed by atoms with Crippen LogP contribution in [-0.4, -0.2) is 42.5 Å². The van der Waals surface area contributed by atoms with Gasteiger partial charge in [0.15, 0.2) is 10.8 Å². The highest BCUT2D eigenvalue weighted by Crippen LogP contribution is 2.23. The minimum Gasteiger partial charge on any atom is -0.358 e. The maximum absolute atomic E-state index is 11.6. The number of nitrogens with zero attached hydrogens (tertiary/aromatic N) is 3. The molecule has 0 aliphatic carbocycles. The molecule has 0 aromatic carbocycles. The first-order valence-electron chi connectivity index (χ1n) is 7.09. The van der Waals surface area contributed by atoms with E-state index in [9.17, 15) is 4.79 Å². The van der Waals surface area contributed by atoms with E-state index in [1.54, 1.807) is 18.4 Å². The Morgan fingerprint density at radius 3 is 2.95 bits per heavy atom. The van der Waals surface area contributed by atoms with Crippen molar-refractivity contribution in [3.8, 4) is 0 Å². The number of fused-ring (bicyclic) bond motifs is 1. The zero-order valence-electron chi connectivity index (χ0n) is 13.0. The van der Waals surface area contributed by atoms with Crippen LogP contribution in [0.25, 0.3) is 4.96 Å². The molecular formula is C14H23N5OS. The van der Waals surface area contributed by atoms with Crippen molar-refractivity contribution in [1.29, 1.82) is 0 Å². The molecular weight excluding hydrogens is 286 g/mol. The lowest BCUT2D eigenvalue weighted by Crippen LogP contribution is -2.34. The van der Waals surface area contributed by atoms with Gasteiger partial charge in [0.05, 0.1) is 12.2 Å². The lowest BCUT2D eigenvalue weighted by Gasteiger charge is -2.18. The molecule has 1 amide bonds. The van der Waals surface area contributed by atoms with Crippen LogP contribution in [0, 0.1) is 5.92 Å². The fourth-order valence-electron chi connectivity index (χ4n) is 2.14. The quantitative estimate of drug-likeness (QED) is 0.810. The van der Waals surface area contributed by atoms with Gasteiger partial charge in [-0.15, -0.1) is 11.3 Å². The molecule has 2 heterocycles. The Kier molecular flexibility index (Phi) is 5.19. The first-order chi connectivity index (χ1) is 10.0. The van der Waals surface area contributed by atoms with Crippen molar-refractivity contribution in [3.63, 3.8) is 0 Å². The number of thiazole rings is 1. The molecule has 116 valence electrons. The van der Waals surface area contributed by atoms with Crippen molar-refractivity contribution in [1.82, 2.24) is 20.0 Å². The van der Waals surface area contributed by atoms with Gasteiger partial charge in [-0.2, -0.15) is 0 Å². The first kappa shape index (κ1) is 15.8. The van der Waals surface area contributed by atoms with E-state index in [0.29, 0.717) is 12.5 Å². The summed E-state index contributed by atoms with van der Waals surface area (Å²) in [5.74, 6) is 1.44. The minimum atomic E-state index is -0.0186. The Bertz CT molecular complexity index is 604. The molecule has 6 nitrogen and oxygen atoms in total. The number of aromatic nitrogens is 2. The van der Waals surface area contributed by atoms with Crippen LogP contribution in [0.3, 0.4) is 0 Å². The van der Waals surface area contributed by atoms with Crippen LogP contribution in [0.15, 0.2) is 11.6 Å². The van der Waals surface area contributed by atoms with Crippen LogP contribution in [0.5, 0.6) is 0 Å². The number of amides is 1. The van der Waals surface area contributed by atoms with E-state index in [1.807, 2.05) is 23.5 Å². The van der Waals surface area contributed by atoms with E-state index < -0.39 is 0 Å². The van der Waals surface area contributed by atoms with Gasteiger partial charge in [0.2, 0.25) is 5.91 Å². The Morgan fingerprint density at radius 2 is 2.29 bits per heavy atom. The standard InChI is InChI=1S/C14H23N5OS/c1-10(2)7-16-8-11-13(18(4)9-12(20)15-3)17-14-19(11)5-6-21-14/h5-6,10,16H,7-9H2,1-4H3,(H,15,20). The highest BCUT2D eigenvalue weighted by atomic mass is 32.1. The van der Waals surface area contributed by atoms with Gasteiger partial charge in [-0.1, -0.05) is 13.8 Å². The van der Waals surface area contributed by atoms with Crippen molar-refractivity contribution >= 4 is 28.0 Å². The van der Waals surface area contributed by atoms with Crippen LogP contribution in [0.4, 0.5) is 5.82 Å². The van der Waals surface area contributed by atoms with Gasteiger partial charge in [-0.3, -0.25) is 9.20 Å². The number of carbonyl (C=O) groups is 1. The highest BCUT2D eigenvalue weighted by Gasteiger charge is 2.17. The van der Waals surface area contributed by atoms with E-state index >= 15 is 0 Å². The SMILES string of the molecule is CNC(=O)CN(C)c1nc2sccn2c1CNCC(C)C. The Hall–Kier alpha value is -1.60. The average Bonchev–Trinajstić information content (AvgIpc) is 3.00. The molecule has 0 aliphatic heterocycles. The van der Waals surface area contributed by atoms with Crippen molar-refractivity contribution in [2.75, 3.05) is 32.1 Å². The third-order valence-corrected chi connectivity index (χ3v) is 3.96. The van der Waals surface area contributed by atoms with Gasteiger partial charge in [0.25, 0.3) is 0 Å². The second-order valence-corrected chi connectivity index (χ2v) is 6.36. The molecule has 2 N–H and O–H groups in total. The smallest absolute Gasteiger partial charge is 0.239 e. The molecule has 21 heavy (non-hydrogen) atoms. The molecule has 0 aliphatic rings. The van der Waals surface area contributed by atoms with Gasteiger partial charge in [0, 0.05) is 32.2 Å². The van der Waals surface area contributed by atoms with Gasteiger partial charge < -0.3 is 15.5 Å². The highest BCUT2D eigenvalue weighted by molar-refractivity contribution is 7.15. The number of anilines is 1. The maximum atomic E-state index is 11.6. The lowest BCUT2D eigenvalue weighted by molar-refractivity contribution is -0.119. The summed E-state index contributed by atoms with van der Waals surface area (Å²) in [6.07, 6.45) is 2.02. The van der Waals surface area contributed by atoms with Gasteiger partial charge >= 0.3 is 0 Å². The molecule has 2 aromatic heterocycles. The molecule has 7 heteroatoms. The Morgan fingerprint density at radius 1 is 1.52 bits per heavy atom. The third kappa shape index (κ3) is 3.74. The van der Waals surface area contributed by atoms with Crippen molar-refractivity contribution in [2.45, 2.75) is 20.4 Å².